The summed E-state index contributed by atoms with van der Waals surface area (Å²) >= 11 is 0. The molecule has 2 atom stereocenters. The molecule has 0 aliphatic carbocycles. The van der Waals surface area contributed by atoms with Gasteiger partial charge in [-0.05, 0) is 25.0 Å². The number of carbonyl (C=O) groups excluding carboxylic acids is 3. The highest BCUT2D eigenvalue weighted by molar-refractivity contribution is 6.44. The molecule has 0 spiro atoms. The van der Waals surface area contributed by atoms with Crippen molar-refractivity contribution in [1.82, 2.24) is 10.2 Å². The Bertz CT molecular complexity index is 778. The predicted octanol–water partition coefficient (Wildman–Crippen LogP) is 0.903. The zero-order valence-electron chi connectivity index (χ0n) is 16.2. The number of likely N-dealkylation sites (tertiary alicyclic amines) is 1. The zero-order chi connectivity index (χ0) is 20.3. The molecule has 2 heterocycles. The third kappa shape index (κ3) is 4.39. The monoisotopic (exact) mass is 386 g/mol. The largest absolute Gasteiger partial charge is 0.391 e. The molecule has 3 rings (SSSR count). The summed E-state index contributed by atoms with van der Waals surface area (Å²) in [5.74, 6) is -0.828. The number of hydrazone groups is 1. The second kappa shape index (κ2) is 8.52. The molecule has 8 heteroatoms. The van der Waals surface area contributed by atoms with Crippen molar-refractivity contribution < 1.29 is 19.5 Å². The highest BCUT2D eigenvalue weighted by atomic mass is 16.3. The number of benzene rings is 1. The van der Waals surface area contributed by atoms with Gasteiger partial charge in [-0.1, -0.05) is 32.0 Å². The Kier molecular flexibility index (Phi) is 6.08. The number of carbonyl (C=O) groups is 3. The van der Waals surface area contributed by atoms with Crippen LogP contribution < -0.4 is 10.3 Å². The van der Waals surface area contributed by atoms with Crippen molar-refractivity contribution in [1.29, 1.82) is 0 Å². The first-order chi connectivity index (χ1) is 13.4. The molecule has 3 amide bonds. The number of aliphatic hydroxyl groups excluding tert-OH is 1. The smallest absolute Gasteiger partial charge is 0.270 e. The Morgan fingerprint density at radius 2 is 1.86 bits per heavy atom. The number of para-hydroxylation sites is 1. The van der Waals surface area contributed by atoms with Crippen LogP contribution in [0.25, 0.3) is 0 Å². The van der Waals surface area contributed by atoms with Crippen LogP contribution in [-0.4, -0.2) is 58.7 Å². The molecule has 2 aliphatic heterocycles. The van der Waals surface area contributed by atoms with Crippen LogP contribution in [0.15, 0.2) is 35.4 Å². The number of aliphatic hydroxyl groups is 1. The minimum absolute atomic E-state index is 0.0414. The molecule has 1 saturated heterocycles. The first kappa shape index (κ1) is 20.0. The lowest BCUT2D eigenvalue weighted by atomic mass is 10.1. The molecule has 0 bridgehead atoms. The van der Waals surface area contributed by atoms with Gasteiger partial charge < -0.3 is 15.3 Å². The molecule has 0 radical (unpaired) electrons. The molecular formula is C20H26N4O4. The van der Waals surface area contributed by atoms with E-state index in [0.717, 1.165) is 0 Å². The second-order valence-corrected chi connectivity index (χ2v) is 7.47. The van der Waals surface area contributed by atoms with E-state index in [0.29, 0.717) is 31.6 Å². The molecule has 150 valence electrons. The van der Waals surface area contributed by atoms with Gasteiger partial charge in [-0.2, -0.15) is 10.1 Å². The number of anilines is 1. The van der Waals surface area contributed by atoms with Crippen LogP contribution in [0.1, 0.15) is 33.1 Å². The average molecular weight is 386 g/mol. The predicted molar refractivity (Wildman–Crippen MR) is 105 cm³/mol. The van der Waals surface area contributed by atoms with Crippen LogP contribution in [0, 0.1) is 5.92 Å². The Morgan fingerprint density at radius 3 is 2.54 bits per heavy atom. The van der Waals surface area contributed by atoms with E-state index in [1.807, 2.05) is 6.07 Å². The molecule has 1 aromatic carbocycles. The van der Waals surface area contributed by atoms with Crippen molar-refractivity contribution in [2.45, 2.75) is 45.3 Å². The van der Waals surface area contributed by atoms with Crippen LogP contribution in [0.5, 0.6) is 0 Å². The molecule has 0 saturated carbocycles. The number of nitrogens with zero attached hydrogens (tertiary/aromatic N) is 3. The van der Waals surface area contributed by atoms with E-state index in [9.17, 15) is 19.5 Å². The number of rotatable bonds is 4. The summed E-state index contributed by atoms with van der Waals surface area (Å²) in [6.45, 7) is 4.33. The van der Waals surface area contributed by atoms with Crippen molar-refractivity contribution in [3.05, 3.63) is 30.3 Å². The van der Waals surface area contributed by atoms with Gasteiger partial charge in [0.05, 0.1) is 24.3 Å². The van der Waals surface area contributed by atoms with Crippen molar-refractivity contribution in [2.24, 2.45) is 11.0 Å². The minimum Gasteiger partial charge on any atom is -0.391 e. The summed E-state index contributed by atoms with van der Waals surface area (Å²) in [5.41, 5.74) is 0.825. The Hall–Kier alpha value is -2.74. The van der Waals surface area contributed by atoms with E-state index < -0.39 is 6.10 Å². The van der Waals surface area contributed by atoms with E-state index in [2.05, 4.69) is 10.4 Å². The maximum absolute atomic E-state index is 12.9. The van der Waals surface area contributed by atoms with Crippen molar-refractivity contribution in [3.8, 4) is 0 Å². The maximum Gasteiger partial charge on any atom is 0.270 e. The zero-order valence-corrected chi connectivity index (χ0v) is 16.2. The molecule has 8 nitrogen and oxygen atoms in total. The van der Waals surface area contributed by atoms with E-state index in [1.165, 1.54) is 5.01 Å². The highest BCUT2D eigenvalue weighted by Crippen LogP contribution is 2.21. The van der Waals surface area contributed by atoms with E-state index in [1.54, 1.807) is 43.0 Å². The first-order valence-electron chi connectivity index (χ1n) is 9.60. The summed E-state index contributed by atoms with van der Waals surface area (Å²) in [4.78, 5) is 38.7. The van der Waals surface area contributed by atoms with E-state index >= 15 is 0 Å². The van der Waals surface area contributed by atoms with Gasteiger partial charge in [-0.15, -0.1) is 0 Å². The van der Waals surface area contributed by atoms with Crippen molar-refractivity contribution >= 4 is 29.1 Å². The lowest BCUT2D eigenvalue weighted by molar-refractivity contribution is -0.125. The maximum atomic E-state index is 12.9. The van der Waals surface area contributed by atoms with Crippen LogP contribution in [0.4, 0.5) is 5.69 Å². The molecular weight excluding hydrogens is 360 g/mol. The molecule has 2 aliphatic rings. The molecule has 28 heavy (non-hydrogen) atoms. The summed E-state index contributed by atoms with van der Waals surface area (Å²) in [6.07, 6.45) is 0.0571. The fraction of sp³-hybridized carbons (Fsp3) is 0.500. The topological polar surface area (TPSA) is 102 Å². The summed E-state index contributed by atoms with van der Waals surface area (Å²) in [7, 11) is 0. The Morgan fingerprint density at radius 1 is 1.18 bits per heavy atom. The molecule has 0 unspecified atom stereocenters. The Labute approximate surface area is 164 Å². The van der Waals surface area contributed by atoms with Gasteiger partial charge in [0, 0.05) is 19.0 Å². The number of nitrogens with one attached hydrogen (secondary N) is 1. The molecule has 1 fully saturated rings. The quantitative estimate of drug-likeness (QED) is 0.803. The van der Waals surface area contributed by atoms with Gasteiger partial charge in [0.25, 0.3) is 11.8 Å². The average Bonchev–Trinajstić information content (AvgIpc) is 2.98. The fourth-order valence-electron chi connectivity index (χ4n) is 3.31. The van der Waals surface area contributed by atoms with E-state index in [-0.39, 0.29) is 41.8 Å². The van der Waals surface area contributed by atoms with Gasteiger partial charge in [-0.25, -0.2) is 0 Å². The number of hydrogen-bond acceptors (Lipinski definition) is 5. The second-order valence-electron chi connectivity index (χ2n) is 7.47. The van der Waals surface area contributed by atoms with Gasteiger partial charge in [-0.3, -0.25) is 14.4 Å². The molecule has 1 aromatic rings. The summed E-state index contributed by atoms with van der Waals surface area (Å²) in [6, 6.07) is 8.59. The summed E-state index contributed by atoms with van der Waals surface area (Å²) in [5, 5.41) is 18.7. The SMILES string of the molecule is CC(C)C(=O)N[C@H]1CCN(C(=O)C2=NN(c3ccccc3)C(=O)C2)CC[C@@H]1O. The lowest BCUT2D eigenvalue weighted by Crippen LogP contribution is -2.45. The van der Waals surface area contributed by atoms with Gasteiger partial charge >= 0.3 is 0 Å². The van der Waals surface area contributed by atoms with Crippen LogP contribution in [0.2, 0.25) is 0 Å². The third-order valence-electron chi connectivity index (χ3n) is 5.03. The molecule has 0 aromatic heterocycles. The van der Waals surface area contributed by atoms with Gasteiger partial charge in [0.15, 0.2) is 0 Å². The minimum atomic E-state index is -0.714. The number of amides is 3. The van der Waals surface area contributed by atoms with Crippen LogP contribution in [0.3, 0.4) is 0 Å². The fourth-order valence-corrected chi connectivity index (χ4v) is 3.31. The third-order valence-corrected chi connectivity index (χ3v) is 5.03. The summed E-state index contributed by atoms with van der Waals surface area (Å²) < 4.78 is 0. The van der Waals surface area contributed by atoms with E-state index in [4.69, 9.17) is 0 Å². The first-order valence-corrected chi connectivity index (χ1v) is 9.60. The van der Waals surface area contributed by atoms with Crippen LogP contribution >= 0.6 is 0 Å². The lowest BCUT2D eigenvalue weighted by Gasteiger charge is -2.22. The van der Waals surface area contributed by atoms with Crippen molar-refractivity contribution in [2.75, 3.05) is 18.1 Å². The highest BCUT2D eigenvalue weighted by Gasteiger charge is 2.34. The Balaban J connectivity index is 1.66. The van der Waals surface area contributed by atoms with Gasteiger partial charge in [0.2, 0.25) is 5.91 Å². The number of hydrogen-bond donors (Lipinski definition) is 2. The van der Waals surface area contributed by atoms with Crippen molar-refractivity contribution in [3.63, 3.8) is 0 Å². The van der Waals surface area contributed by atoms with Gasteiger partial charge in [0.1, 0.15) is 5.71 Å². The standard InChI is InChI=1S/C20H26N4O4/c1-13(2)19(27)21-15-8-10-23(11-9-17(15)25)20(28)16-12-18(26)24(22-16)14-6-4-3-5-7-14/h3-7,13,15,17,25H,8-12H2,1-2H3,(H,21,27)/t15-,17-/m0/s1. The molecule has 2 N–H and O–H groups in total. The normalized spacial score (nSPS) is 22.9. The van der Waals surface area contributed by atoms with Crippen LogP contribution in [-0.2, 0) is 14.4 Å².